The Morgan fingerprint density at radius 2 is 0.452 bits per heavy atom. The van der Waals surface area contributed by atoms with Crippen LogP contribution in [0, 0.1) is 0 Å². The van der Waals surface area contributed by atoms with Crippen LogP contribution >= 0.6 is 11.6 Å². The van der Waals surface area contributed by atoms with E-state index < -0.39 is 157 Å². The second kappa shape index (κ2) is 47.8. The fourth-order valence-corrected chi connectivity index (χ4v) is 5.37. The number of carbonyl (C=O) groups excluding carboxylic acids is 7. The van der Waals surface area contributed by atoms with Crippen LogP contribution in [0.15, 0.2) is 0 Å². The largest absolute Gasteiger partial charge is 0.479 e. The molecule has 35 nitrogen and oxygen atoms in total. The van der Waals surface area contributed by atoms with Gasteiger partial charge in [-0.1, -0.05) is 48.5 Å². The summed E-state index contributed by atoms with van der Waals surface area (Å²) in [5, 5.41) is 121. The molecular formula is C48H75ClO35. The van der Waals surface area contributed by atoms with Gasteiger partial charge < -0.3 is 99.9 Å². The molecule has 0 aliphatic rings. The Morgan fingerprint density at radius 1 is 0.274 bits per heavy atom. The van der Waals surface area contributed by atoms with Crippen LogP contribution in [-0.4, -0.2) is 234 Å². The van der Waals surface area contributed by atoms with Crippen LogP contribution in [0.5, 0.6) is 0 Å². The van der Waals surface area contributed by atoms with E-state index in [2.05, 4.69) is 9.47 Å². The molecule has 14 N–H and O–H groups in total. The Morgan fingerprint density at radius 3 is 0.595 bits per heavy atom. The first-order chi connectivity index (χ1) is 38.9. The minimum absolute atomic E-state index is 0.0565. The Bertz CT molecular complexity index is 1990. The highest BCUT2D eigenvalue weighted by molar-refractivity contribution is 6.63. The first-order valence-electron chi connectivity index (χ1n) is 25.1. The van der Waals surface area contributed by atoms with Crippen molar-refractivity contribution in [3.63, 3.8) is 0 Å². The summed E-state index contributed by atoms with van der Waals surface area (Å²) in [4.78, 5) is 167. The monoisotopic (exact) mass is 1250 g/mol. The van der Waals surface area contributed by atoms with E-state index in [9.17, 15) is 82.1 Å². The molecule has 0 aliphatic heterocycles. The maximum atomic E-state index is 12.3. The van der Waals surface area contributed by atoms with E-state index in [-0.39, 0.29) is 43.8 Å². The lowest BCUT2D eigenvalue weighted by Crippen LogP contribution is -2.56. The quantitative estimate of drug-likeness (QED) is 0.0195. The van der Waals surface area contributed by atoms with Crippen LogP contribution < -0.4 is 0 Å². The van der Waals surface area contributed by atoms with E-state index >= 15 is 0 Å². The van der Waals surface area contributed by atoms with Crippen molar-refractivity contribution in [2.24, 2.45) is 0 Å². The number of rotatable bonds is 36. The molecule has 0 bridgehead atoms. The molecule has 12 atom stereocenters. The normalized spacial score (nSPS) is 14.5. The zero-order valence-corrected chi connectivity index (χ0v) is 47.3. The van der Waals surface area contributed by atoms with Gasteiger partial charge >= 0.3 is 83.6 Å². The molecule has 0 aromatic heterocycles. The fraction of sp³-hybridized carbons (Fsp3) is 0.688. The molecule has 0 heterocycles. The second-order valence-corrected chi connectivity index (χ2v) is 17.0. The number of halogens is 1. The van der Waals surface area contributed by atoms with Gasteiger partial charge in [-0.2, -0.15) is 0 Å². The van der Waals surface area contributed by atoms with Crippen LogP contribution in [0.3, 0.4) is 0 Å². The summed E-state index contributed by atoms with van der Waals surface area (Å²) < 4.78 is 29.4. The molecule has 84 heavy (non-hydrogen) atoms. The van der Waals surface area contributed by atoms with Crippen molar-refractivity contribution in [1.82, 2.24) is 0 Å². The number of aliphatic hydroxyl groups excluding tert-OH is 6. The predicted octanol–water partition coefficient (Wildman–Crippen LogP) is -1.39. The SMILES string of the molecule is CCCC(=O)Cl.CCCC(=O)OC(C(=O)O)C(OC(=O)CCC)C(=O)O.CCCC(=O)OC(C(=O)O)C(OC(=O)CCC)C(OC(=O)CCC)C(OC(=O)CCC)C(=O)O.O=C(O)C(O)C(O)C(=O)O.O=C(O)C(O)C(O)C(O)C(O)C(=O)O. The highest BCUT2D eigenvalue weighted by atomic mass is 35.5. The lowest BCUT2D eigenvalue weighted by Gasteiger charge is -2.33. The second-order valence-electron chi connectivity index (χ2n) is 16.6. The molecule has 0 rings (SSSR count). The van der Waals surface area contributed by atoms with Crippen molar-refractivity contribution in [2.75, 3.05) is 0 Å². The molecule has 0 aromatic carbocycles. The van der Waals surface area contributed by atoms with Gasteiger partial charge in [0.15, 0.2) is 36.6 Å². The molecule has 0 spiro atoms. The smallest absolute Gasteiger partial charge is 0.349 e. The Hall–Kier alpha value is -7.70. The van der Waals surface area contributed by atoms with E-state index in [1.54, 1.807) is 41.5 Å². The maximum absolute atomic E-state index is 12.3. The summed E-state index contributed by atoms with van der Waals surface area (Å²) in [7, 11) is 0. The zero-order chi connectivity index (χ0) is 66.7. The van der Waals surface area contributed by atoms with Crippen molar-refractivity contribution in [1.29, 1.82) is 0 Å². The Labute approximate surface area is 482 Å². The van der Waals surface area contributed by atoms with Crippen LogP contribution in [0.2, 0.25) is 0 Å². The number of esters is 6. The minimum Gasteiger partial charge on any atom is -0.479 e. The molecule has 12 unspecified atom stereocenters. The van der Waals surface area contributed by atoms with E-state index in [0.717, 1.165) is 6.42 Å². The van der Waals surface area contributed by atoms with Gasteiger partial charge in [0.05, 0.1) is 0 Å². The minimum atomic E-state index is -2.36. The summed E-state index contributed by atoms with van der Waals surface area (Å²) in [6.45, 7) is 11.8. The molecule has 0 radical (unpaired) electrons. The van der Waals surface area contributed by atoms with E-state index in [1.807, 2.05) is 6.92 Å². The Kier molecular flexibility index (Phi) is 48.4. The van der Waals surface area contributed by atoms with Crippen molar-refractivity contribution >= 4 is 100 Å². The Balaban J connectivity index is -0.000000350. The van der Waals surface area contributed by atoms with Gasteiger partial charge in [0.2, 0.25) is 29.7 Å². The molecule has 0 fully saturated rings. The van der Waals surface area contributed by atoms with Crippen LogP contribution in [-0.2, 0) is 100 Å². The van der Waals surface area contributed by atoms with Gasteiger partial charge in [-0.05, 0) is 56.5 Å². The predicted molar refractivity (Wildman–Crippen MR) is 272 cm³/mol. The third-order valence-electron chi connectivity index (χ3n) is 9.22. The highest BCUT2D eigenvalue weighted by Gasteiger charge is 2.50. The average molecular weight is 1250 g/mol. The van der Waals surface area contributed by atoms with Gasteiger partial charge in [-0.15, -0.1) is 0 Å². The lowest BCUT2D eigenvalue weighted by atomic mass is 10.0. The molecule has 0 aromatic rings. The zero-order valence-electron chi connectivity index (χ0n) is 46.5. The van der Waals surface area contributed by atoms with Crippen molar-refractivity contribution in [2.45, 2.75) is 212 Å². The van der Waals surface area contributed by atoms with Gasteiger partial charge in [-0.3, -0.25) is 33.6 Å². The lowest BCUT2D eigenvalue weighted by molar-refractivity contribution is -0.209. The summed E-state index contributed by atoms with van der Waals surface area (Å²) in [6, 6.07) is 0. The van der Waals surface area contributed by atoms with Gasteiger partial charge in [-0.25, -0.2) is 38.4 Å². The fourth-order valence-electron chi connectivity index (χ4n) is 5.18. The highest BCUT2D eigenvalue weighted by Crippen LogP contribution is 2.23. The number of carboxylic acids is 8. The molecule has 0 saturated heterocycles. The number of aliphatic carboxylic acids is 8. The third kappa shape index (κ3) is 38.9. The number of hydrogen-bond acceptors (Lipinski definition) is 27. The maximum Gasteiger partial charge on any atom is 0.349 e. The van der Waals surface area contributed by atoms with E-state index in [4.69, 9.17) is 91.8 Å². The standard InChI is InChI=1S/C22H34O12.C12H18O8.C6H10O8.C4H7ClO.C4H6O6/c1-5-9-13(23)31-17(19(21(27)28)33-15(25)11-7-3)18(32-14(24)10-6-2)20(22(29)30)34-16(26)12-8-4;1-3-5-7(13)19-9(11(15)16)10(12(17)18)20-8(14)6-4-2;7-1(3(9)5(11)12)2(8)4(10)6(13)14;1-2-3-4(5)6;5-1(3(7)8)2(6)4(9)10/h17-20H,5-12H2,1-4H3,(H,27,28)(H,29,30);9-10H,3-6H2,1-2H3,(H,15,16)(H,17,18);1-4,7-10H,(H,11,12)(H,13,14);2-3H2,1H3;1-2,5-6H,(H,7,8)(H,9,10). The van der Waals surface area contributed by atoms with Crippen LogP contribution in [0.25, 0.3) is 0 Å². The topological polar surface area (TPSA) is 595 Å². The van der Waals surface area contributed by atoms with E-state index in [1.165, 1.54) is 0 Å². The van der Waals surface area contributed by atoms with Gasteiger partial charge in [0.25, 0.3) is 0 Å². The third-order valence-corrected chi connectivity index (χ3v) is 9.41. The van der Waals surface area contributed by atoms with Gasteiger partial charge in [0, 0.05) is 44.9 Å². The number of carbonyl (C=O) groups is 15. The number of hydrogen-bond donors (Lipinski definition) is 14. The van der Waals surface area contributed by atoms with Crippen molar-refractivity contribution < 1.29 is 172 Å². The number of aliphatic hydroxyl groups is 6. The number of carboxylic acid groups (broad SMARTS) is 8. The van der Waals surface area contributed by atoms with Crippen LogP contribution in [0.1, 0.15) is 138 Å². The molecule has 0 aliphatic carbocycles. The molecule has 484 valence electrons. The molecule has 0 amide bonds. The van der Waals surface area contributed by atoms with Crippen molar-refractivity contribution in [3.05, 3.63) is 0 Å². The van der Waals surface area contributed by atoms with Crippen LogP contribution in [0.4, 0.5) is 0 Å². The number of ether oxygens (including phenoxy) is 6. The summed E-state index contributed by atoms with van der Waals surface area (Å²) >= 11 is 4.94. The average Bonchev–Trinajstić information content (AvgIpc) is 3.48. The first kappa shape index (κ1) is 85.1. The van der Waals surface area contributed by atoms with E-state index in [0.29, 0.717) is 44.9 Å². The first-order valence-corrected chi connectivity index (χ1v) is 25.5. The molecule has 36 heteroatoms. The van der Waals surface area contributed by atoms with Gasteiger partial charge in [0.1, 0.15) is 12.2 Å². The molecule has 0 saturated carbocycles. The summed E-state index contributed by atoms with van der Waals surface area (Å²) in [5.41, 5.74) is 0. The summed E-state index contributed by atoms with van der Waals surface area (Å²) in [5.74, 6) is -19.7. The molecular weight excluding hydrogens is 1170 g/mol. The summed E-state index contributed by atoms with van der Waals surface area (Å²) in [6.07, 6.45) is -24.0. The van der Waals surface area contributed by atoms with Crippen molar-refractivity contribution in [3.8, 4) is 0 Å².